The van der Waals surface area contributed by atoms with Crippen LogP contribution in [0.1, 0.15) is 0 Å². The fraction of sp³-hybridized carbons (Fsp3) is 0. The summed E-state index contributed by atoms with van der Waals surface area (Å²) < 4.78 is 0. The Morgan fingerprint density at radius 3 is 2.26 bits per heavy atom. The number of anilines is 2. The van der Waals surface area contributed by atoms with Crippen molar-refractivity contribution >= 4 is 41.3 Å². The summed E-state index contributed by atoms with van der Waals surface area (Å²) in [5.74, 6) is 0. The van der Waals surface area contributed by atoms with Crippen LogP contribution in [-0.4, -0.2) is 0 Å². The molecule has 1 aliphatic heterocycles. The summed E-state index contributed by atoms with van der Waals surface area (Å²) in [7, 11) is 0.551. The van der Waals surface area contributed by atoms with Gasteiger partial charge in [-0.05, 0) is 29.0 Å². The molecule has 0 saturated carbocycles. The maximum absolute atomic E-state index is 12.5. The molecular formula is C16H11NOP-. The van der Waals surface area contributed by atoms with Gasteiger partial charge in [0.2, 0.25) is 0 Å². The molecular weight excluding hydrogens is 253 g/mol. The molecule has 0 aromatic heterocycles. The van der Waals surface area contributed by atoms with Crippen LogP contribution in [0.2, 0.25) is 0 Å². The van der Waals surface area contributed by atoms with Gasteiger partial charge in [0.25, 0.3) is 0 Å². The Hall–Kier alpha value is -1.89. The predicted molar refractivity (Wildman–Crippen MR) is 83.5 cm³/mol. The number of para-hydroxylation sites is 1. The molecule has 92 valence electrons. The Balaban J connectivity index is 1.98. The van der Waals surface area contributed by atoms with Gasteiger partial charge in [-0.1, -0.05) is 51.0 Å². The maximum atomic E-state index is 12.5. The van der Waals surface area contributed by atoms with E-state index in [4.69, 9.17) is 0 Å². The van der Waals surface area contributed by atoms with Crippen LogP contribution in [-0.2, 0) is 0 Å². The van der Waals surface area contributed by atoms with E-state index in [-0.39, 0.29) is 0 Å². The van der Waals surface area contributed by atoms with Gasteiger partial charge in [-0.3, -0.25) is 0 Å². The van der Waals surface area contributed by atoms with Crippen molar-refractivity contribution in [2.24, 2.45) is 0 Å². The van der Waals surface area contributed by atoms with Crippen LogP contribution in [0.15, 0.2) is 60.7 Å². The second-order valence-corrected chi connectivity index (χ2v) is 5.98. The molecule has 19 heavy (non-hydrogen) atoms. The van der Waals surface area contributed by atoms with Crippen LogP contribution in [0.3, 0.4) is 0 Å². The van der Waals surface area contributed by atoms with E-state index in [0.717, 1.165) is 32.4 Å². The molecule has 0 spiro atoms. The minimum atomic E-state index is 0.551. The van der Waals surface area contributed by atoms with Crippen LogP contribution in [0.5, 0.6) is 0 Å². The van der Waals surface area contributed by atoms with E-state index in [0.29, 0.717) is 8.58 Å². The van der Waals surface area contributed by atoms with Gasteiger partial charge in [0, 0.05) is 22.0 Å². The van der Waals surface area contributed by atoms with Crippen molar-refractivity contribution in [3.05, 3.63) is 65.9 Å². The fourth-order valence-electron chi connectivity index (χ4n) is 2.53. The van der Waals surface area contributed by atoms with Gasteiger partial charge in [-0.15, -0.1) is 0 Å². The topological polar surface area (TPSA) is 26.3 Å². The van der Waals surface area contributed by atoms with Gasteiger partial charge in [0.15, 0.2) is 0 Å². The average molecular weight is 264 g/mol. The zero-order valence-electron chi connectivity index (χ0n) is 10.1. The van der Waals surface area contributed by atoms with Crippen molar-refractivity contribution in [2.45, 2.75) is 0 Å². The maximum Gasteiger partial charge on any atom is 0.0389 e. The van der Waals surface area contributed by atoms with E-state index in [1.54, 1.807) is 0 Å². The Kier molecular flexibility index (Phi) is 2.34. The van der Waals surface area contributed by atoms with Crippen LogP contribution < -0.4 is 15.7 Å². The molecule has 1 unspecified atom stereocenters. The van der Waals surface area contributed by atoms with E-state index in [1.807, 2.05) is 48.5 Å². The van der Waals surface area contributed by atoms with E-state index < -0.39 is 0 Å². The smallest absolute Gasteiger partial charge is 0.0389 e. The van der Waals surface area contributed by atoms with E-state index in [2.05, 4.69) is 12.1 Å². The molecule has 0 amide bonds. The molecule has 3 heteroatoms. The summed E-state index contributed by atoms with van der Waals surface area (Å²) in [5, 5.41) is 18.1. The molecule has 3 aromatic rings. The lowest BCUT2D eigenvalue weighted by atomic mass is 10.1. The monoisotopic (exact) mass is 264 g/mol. The summed E-state index contributed by atoms with van der Waals surface area (Å²) in [5.41, 5.74) is 1.57. The lowest BCUT2D eigenvalue weighted by Crippen LogP contribution is -2.25. The van der Waals surface area contributed by atoms with Gasteiger partial charge >= 0.3 is 0 Å². The van der Waals surface area contributed by atoms with Gasteiger partial charge in [0.05, 0.1) is 0 Å². The highest BCUT2D eigenvalue weighted by Gasteiger charge is 2.17. The van der Waals surface area contributed by atoms with E-state index >= 15 is 0 Å². The van der Waals surface area contributed by atoms with E-state index in [1.165, 1.54) is 5.39 Å². The van der Waals surface area contributed by atoms with Crippen LogP contribution in [0.4, 0.5) is 11.4 Å². The molecule has 4 rings (SSSR count). The first-order valence-electron chi connectivity index (χ1n) is 6.19. The Morgan fingerprint density at radius 1 is 0.737 bits per heavy atom. The second-order valence-electron chi connectivity index (χ2n) is 4.65. The fourth-order valence-corrected chi connectivity index (χ4v) is 3.84. The Bertz CT molecular complexity index is 785. The summed E-state index contributed by atoms with van der Waals surface area (Å²) >= 11 is 0. The molecule has 0 N–H and O–H groups in total. The number of fused-ring (bicyclic) bond motifs is 3. The SMILES string of the molecule is [O-]N1c2ccccc2Pc2cc3ccccc3cc21. The standard InChI is InChI=1S/C16H11NOP/c18-17-13-7-3-4-8-15(13)19-16-10-12-6-2-1-5-11(12)9-14(16)17/h1-10,19H/q-1. The second kappa shape index (κ2) is 4.06. The van der Waals surface area contributed by atoms with E-state index in [9.17, 15) is 5.21 Å². The molecule has 0 saturated heterocycles. The molecule has 1 aliphatic rings. The average Bonchev–Trinajstić information content (AvgIpc) is 2.46. The third kappa shape index (κ3) is 1.65. The largest absolute Gasteiger partial charge is 0.754 e. The minimum absolute atomic E-state index is 0.551. The first-order valence-corrected chi connectivity index (χ1v) is 7.19. The number of nitrogens with zero attached hydrogens (tertiary/aromatic N) is 1. The number of hydrogen-bond acceptors (Lipinski definition) is 2. The molecule has 0 fully saturated rings. The van der Waals surface area contributed by atoms with Gasteiger partial charge in [-0.2, -0.15) is 0 Å². The lowest BCUT2D eigenvalue weighted by Gasteiger charge is -2.38. The van der Waals surface area contributed by atoms with Crippen molar-refractivity contribution in [2.75, 3.05) is 5.06 Å². The van der Waals surface area contributed by atoms with Crippen LogP contribution in [0.25, 0.3) is 10.8 Å². The molecule has 0 aliphatic carbocycles. The van der Waals surface area contributed by atoms with Crippen LogP contribution in [0, 0.1) is 5.21 Å². The highest BCUT2D eigenvalue weighted by molar-refractivity contribution is 7.56. The first kappa shape index (κ1) is 11.0. The van der Waals surface area contributed by atoms with Crippen molar-refractivity contribution in [3.8, 4) is 0 Å². The lowest BCUT2D eigenvalue weighted by molar-refractivity contribution is 1.32. The van der Waals surface area contributed by atoms with Crippen molar-refractivity contribution in [1.82, 2.24) is 0 Å². The van der Waals surface area contributed by atoms with Crippen molar-refractivity contribution in [3.63, 3.8) is 0 Å². The van der Waals surface area contributed by atoms with Gasteiger partial charge in [-0.25, -0.2) is 0 Å². The third-order valence-corrected chi connectivity index (χ3v) is 4.84. The first-order chi connectivity index (χ1) is 9.33. The Labute approximate surface area is 113 Å². The molecule has 1 atom stereocenters. The normalized spacial score (nSPS) is 14.5. The summed E-state index contributed by atoms with van der Waals surface area (Å²) in [6.07, 6.45) is 0. The van der Waals surface area contributed by atoms with Gasteiger partial charge in [0.1, 0.15) is 0 Å². The third-order valence-electron chi connectivity index (χ3n) is 3.48. The summed E-state index contributed by atoms with van der Waals surface area (Å²) in [6.45, 7) is 0. The van der Waals surface area contributed by atoms with Gasteiger partial charge < -0.3 is 10.3 Å². The molecule has 1 heterocycles. The summed E-state index contributed by atoms with van der Waals surface area (Å²) in [4.78, 5) is 0. The quantitative estimate of drug-likeness (QED) is 0.581. The molecule has 0 bridgehead atoms. The van der Waals surface area contributed by atoms with Crippen molar-refractivity contribution < 1.29 is 0 Å². The predicted octanol–water partition coefficient (Wildman–Crippen LogP) is 3.42. The number of rotatable bonds is 0. The number of benzene rings is 3. The molecule has 3 aromatic carbocycles. The minimum Gasteiger partial charge on any atom is -0.754 e. The van der Waals surface area contributed by atoms with Crippen molar-refractivity contribution in [1.29, 1.82) is 0 Å². The zero-order valence-corrected chi connectivity index (χ0v) is 11.1. The van der Waals surface area contributed by atoms with Crippen LogP contribution >= 0.6 is 8.58 Å². The zero-order chi connectivity index (χ0) is 12.8. The highest BCUT2D eigenvalue weighted by Crippen LogP contribution is 2.36. The molecule has 0 radical (unpaired) electrons. The molecule has 2 nitrogen and oxygen atoms in total. The summed E-state index contributed by atoms with van der Waals surface area (Å²) in [6, 6.07) is 20.2. The highest BCUT2D eigenvalue weighted by atomic mass is 31.1. The number of hydrogen-bond donors (Lipinski definition) is 0. The Morgan fingerprint density at radius 2 is 1.42 bits per heavy atom.